The predicted octanol–water partition coefficient (Wildman–Crippen LogP) is 5.11. The molecule has 0 amide bonds. The van der Waals surface area contributed by atoms with E-state index in [2.05, 4.69) is 0 Å². The van der Waals surface area contributed by atoms with Gasteiger partial charge in [0, 0.05) is 0 Å². The lowest BCUT2D eigenvalue weighted by Crippen LogP contribution is -2.22. The molecular formula is C22H22O3S. The number of hydrogen-bond acceptors (Lipinski definition) is 3. The van der Waals surface area contributed by atoms with E-state index in [9.17, 15) is 8.42 Å². The Hall–Kier alpha value is -2.59. The van der Waals surface area contributed by atoms with Crippen LogP contribution in [0.3, 0.4) is 0 Å². The summed E-state index contributed by atoms with van der Waals surface area (Å²) in [6.45, 7) is 5.62. The summed E-state index contributed by atoms with van der Waals surface area (Å²) in [5.74, 6) is 0.405. The maximum Gasteiger partial charge on any atom is 0.320 e. The molecule has 0 fully saturated rings. The Labute approximate surface area is 155 Å². The molecule has 0 N–H and O–H groups in total. The highest BCUT2D eigenvalue weighted by atomic mass is 32.2. The van der Waals surface area contributed by atoms with Crippen molar-refractivity contribution in [1.82, 2.24) is 0 Å². The Bertz CT molecular complexity index is 988. The van der Waals surface area contributed by atoms with Crippen molar-refractivity contribution in [3.63, 3.8) is 0 Å². The number of para-hydroxylation sites is 1. The Balaban J connectivity index is 2.14. The van der Waals surface area contributed by atoms with E-state index in [1.165, 1.54) is 0 Å². The molecule has 0 unspecified atom stereocenters. The van der Waals surface area contributed by atoms with Crippen molar-refractivity contribution in [2.45, 2.75) is 26.0 Å². The summed E-state index contributed by atoms with van der Waals surface area (Å²) >= 11 is 0. The van der Waals surface area contributed by atoms with Gasteiger partial charge in [0.1, 0.15) is 11.0 Å². The second-order valence-electron chi connectivity index (χ2n) is 6.44. The van der Waals surface area contributed by atoms with Gasteiger partial charge in [-0.3, -0.25) is 0 Å². The molecule has 0 saturated heterocycles. The Morgan fingerprint density at radius 2 is 1.23 bits per heavy atom. The summed E-state index contributed by atoms with van der Waals surface area (Å²) in [7, 11) is -3.95. The molecule has 26 heavy (non-hydrogen) atoms. The van der Waals surface area contributed by atoms with Gasteiger partial charge in [-0.25, -0.2) is 0 Å². The molecule has 0 spiro atoms. The van der Waals surface area contributed by atoms with E-state index >= 15 is 0 Å². The first kappa shape index (κ1) is 18.2. The number of benzene rings is 3. The van der Waals surface area contributed by atoms with Crippen molar-refractivity contribution in [3.8, 4) is 5.75 Å². The van der Waals surface area contributed by atoms with Crippen molar-refractivity contribution in [2.75, 3.05) is 0 Å². The predicted molar refractivity (Wildman–Crippen MR) is 105 cm³/mol. The van der Waals surface area contributed by atoms with Crippen LogP contribution >= 0.6 is 0 Å². The first-order chi connectivity index (χ1) is 12.4. The van der Waals surface area contributed by atoms with Gasteiger partial charge in [0.15, 0.2) is 0 Å². The highest BCUT2D eigenvalue weighted by Gasteiger charge is 2.32. The lowest BCUT2D eigenvalue weighted by Gasteiger charge is -2.21. The Morgan fingerprint density at radius 3 is 1.85 bits per heavy atom. The molecule has 0 aromatic heterocycles. The summed E-state index contributed by atoms with van der Waals surface area (Å²) in [4.78, 5) is 0. The van der Waals surface area contributed by atoms with E-state index in [0.29, 0.717) is 11.3 Å². The molecule has 0 bridgehead atoms. The van der Waals surface area contributed by atoms with Gasteiger partial charge in [0.25, 0.3) is 0 Å². The maximum absolute atomic E-state index is 13.3. The lowest BCUT2D eigenvalue weighted by molar-refractivity contribution is 0.474. The van der Waals surface area contributed by atoms with Crippen molar-refractivity contribution >= 4 is 10.1 Å². The van der Waals surface area contributed by atoms with Crippen LogP contribution in [0.25, 0.3) is 0 Å². The third-order valence-corrected chi connectivity index (χ3v) is 5.97. The van der Waals surface area contributed by atoms with Crippen LogP contribution in [0.1, 0.15) is 33.1 Å². The molecule has 0 heterocycles. The van der Waals surface area contributed by atoms with Gasteiger partial charge < -0.3 is 4.18 Å². The molecule has 134 valence electrons. The van der Waals surface area contributed by atoms with E-state index in [-0.39, 0.29) is 0 Å². The minimum Gasteiger partial charge on any atom is -0.381 e. The van der Waals surface area contributed by atoms with E-state index in [1.807, 2.05) is 93.6 Å². The van der Waals surface area contributed by atoms with Crippen molar-refractivity contribution in [3.05, 3.63) is 101 Å². The van der Waals surface area contributed by atoms with Gasteiger partial charge in [-0.1, -0.05) is 72.8 Å². The van der Waals surface area contributed by atoms with Crippen LogP contribution < -0.4 is 4.18 Å². The molecule has 0 radical (unpaired) electrons. The minimum atomic E-state index is -3.95. The van der Waals surface area contributed by atoms with Crippen LogP contribution in [0.2, 0.25) is 0 Å². The lowest BCUT2D eigenvalue weighted by atomic mass is 10.0. The largest absolute Gasteiger partial charge is 0.381 e. The zero-order chi connectivity index (χ0) is 18.7. The van der Waals surface area contributed by atoms with Gasteiger partial charge in [-0.05, 0) is 48.6 Å². The first-order valence-electron chi connectivity index (χ1n) is 8.50. The van der Waals surface area contributed by atoms with E-state index < -0.39 is 15.4 Å². The van der Waals surface area contributed by atoms with Crippen LogP contribution in [-0.4, -0.2) is 8.42 Å². The van der Waals surface area contributed by atoms with Crippen LogP contribution in [0.15, 0.2) is 72.8 Å². The SMILES string of the molecule is Cc1ccccc1[C@@H](c1ccccc1)S(=O)(=O)Oc1c(C)cccc1C. The Kier molecular flexibility index (Phi) is 5.14. The van der Waals surface area contributed by atoms with E-state index in [4.69, 9.17) is 4.18 Å². The van der Waals surface area contributed by atoms with Crippen molar-refractivity contribution < 1.29 is 12.6 Å². The molecule has 0 aliphatic rings. The molecule has 0 aliphatic heterocycles. The van der Waals surface area contributed by atoms with Gasteiger partial charge in [0.2, 0.25) is 0 Å². The second-order valence-corrected chi connectivity index (χ2v) is 8.07. The molecule has 3 aromatic carbocycles. The summed E-state index contributed by atoms with van der Waals surface area (Å²) in [6, 6.07) is 22.3. The molecule has 3 nitrogen and oxygen atoms in total. The molecule has 0 aliphatic carbocycles. The summed E-state index contributed by atoms with van der Waals surface area (Å²) < 4.78 is 32.3. The van der Waals surface area contributed by atoms with Crippen LogP contribution in [0.5, 0.6) is 5.75 Å². The molecule has 0 saturated carbocycles. The number of aryl methyl sites for hydroxylation is 3. The average molecular weight is 366 g/mol. The highest BCUT2D eigenvalue weighted by Crippen LogP contribution is 2.35. The average Bonchev–Trinajstić information content (AvgIpc) is 2.61. The zero-order valence-electron chi connectivity index (χ0n) is 15.1. The van der Waals surface area contributed by atoms with E-state index in [1.54, 1.807) is 0 Å². The molecule has 1 atom stereocenters. The van der Waals surface area contributed by atoms with Crippen LogP contribution in [0, 0.1) is 20.8 Å². The van der Waals surface area contributed by atoms with Gasteiger partial charge in [-0.15, -0.1) is 0 Å². The fourth-order valence-electron chi connectivity index (χ4n) is 3.11. The topological polar surface area (TPSA) is 43.4 Å². The first-order valence-corrected chi connectivity index (χ1v) is 9.97. The fourth-order valence-corrected chi connectivity index (χ4v) is 4.76. The number of hydrogen-bond donors (Lipinski definition) is 0. The Morgan fingerprint density at radius 1 is 0.692 bits per heavy atom. The highest BCUT2D eigenvalue weighted by molar-refractivity contribution is 7.87. The van der Waals surface area contributed by atoms with Crippen LogP contribution in [0.4, 0.5) is 0 Å². The molecular weight excluding hydrogens is 344 g/mol. The maximum atomic E-state index is 13.3. The zero-order valence-corrected chi connectivity index (χ0v) is 16.0. The van der Waals surface area contributed by atoms with Crippen LogP contribution in [-0.2, 0) is 10.1 Å². The van der Waals surface area contributed by atoms with Gasteiger partial charge in [-0.2, -0.15) is 8.42 Å². The quantitative estimate of drug-likeness (QED) is 0.589. The summed E-state index contributed by atoms with van der Waals surface area (Å²) in [6.07, 6.45) is 0. The summed E-state index contributed by atoms with van der Waals surface area (Å²) in [5.41, 5.74) is 3.92. The standard InChI is InChI=1S/C22H22O3S/c1-16-10-7-8-15-20(16)22(19-13-5-4-6-14-19)26(23,24)25-21-17(2)11-9-12-18(21)3/h4-15,22H,1-3H3/t22-/m1/s1. The summed E-state index contributed by atoms with van der Waals surface area (Å²) in [5, 5.41) is -0.885. The van der Waals surface area contributed by atoms with Gasteiger partial charge in [0.05, 0.1) is 0 Å². The minimum absolute atomic E-state index is 0.405. The van der Waals surface area contributed by atoms with Crippen molar-refractivity contribution in [2.24, 2.45) is 0 Å². The third kappa shape index (κ3) is 3.65. The normalized spacial score (nSPS) is 12.6. The third-order valence-electron chi connectivity index (χ3n) is 4.47. The molecule has 3 rings (SSSR count). The molecule has 4 heteroatoms. The second kappa shape index (κ2) is 7.34. The smallest absolute Gasteiger partial charge is 0.320 e. The number of rotatable bonds is 5. The fraction of sp³-hybridized carbons (Fsp3) is 0.182. The van der Waals surface area contributed by atoms with E-state index in [0.717, 1.165) is 22.3 Å². The monoisotopic (exact) mass is 366 g/mol. The molecule has 3 aromatic rings. The van der Waals surface area contributed by atoms with Gasteiger partial charge >= 0.3 is 10.1 Å². The van der Waals surface area contributed by atoms with Crippen molar-refractivity contribution in [1.29, 1.82) is 0 Å².